The van der Waals surface area contributed by atoms with Gasteiger partial charge < -0.3 is 16.2 Å². The Balaban J connectivity index is 3.27. The number of carboxylic acid groups (broad SMARTS) is 1. The van der Waals surface area contributed by atoms with E-state index in [9.17, 15) is 9.59 Å². The molecule has 0 saturated carbocycles. The molecule has 0 fully saturated rings. The SMILES string of the molecule is CC(CC(=O)O)NCCCCC(N)=O. The summed E-state index contributed by atoms with van der Waals surface area (Å²) in [6.07, 6.45) is 2.11. The molecule has 0 radical (unpaired) electrons. The first-order valence-corrected chi connectivity index (χ1v) is 4.76. The van der Waals surface area contributed by atoms with Crippen molar-refractivity contribution in [2.75, 3.05) is 6.54 Å². The summed E-state index contributed by atoms with van der Waals surface area (Å²) in [5.74, 6) is -1.09. The summed E-state index contributed by atoms with van der Waals surface area (Å²) < 4.78 is 0. The lowest BCUT2D eigenvalue weighted by Gasteiger charge is -2.10. The second kappa shape index (κ2) is 7.32. The average Bonchev–Trinajstić information content (AvgIpc) is 2.01. The van der Waals surface area contributed by atoms with E-state index in [1.807, 2.05) is 6.92 Å². The molecule has 0 saturated heterocycles. The Morgan fingerprint density at radius 3 is 2.57 bits per heavy atom. The highest BCUT2D eigenvalue weighted by Gasteiger charge is 2.05. The van der Waals surface area contributed by atoms with Crippen LogP contribution in [0.3, 0.4) is 0 Å². The topological polar surface area (TPSA) is 92.4 Å². The summed E-state index contributed by atoms with van der Waals surface area (Å²) in [5.41, 5.74) is 4.96. The first-order chi connectivity index (χ1) is 6.52. The molecule has 5 nitrogen and oxygen atoms in total. The Kier molecular flexibility index (Phi) is 6.74. The van der Waals surface area contributed by atoms with Crippen molar-refractivity contribution in [2.45, 2.75) is 38.6 Å². The van der Waals surface area contributed by atoms with Gasteiger partial charge in [0.25, 0.3) is 0 Å². The van der Waals surface area contributed by atoms with Gasteiger partial charge in [-0.2, -0.15) is 0 Å². The van der Waals surface area contributed by atoms with Crippen molar-refractivity contribution in [1.29, 1.82) is 0 Å². The minimum atomic E-state index is -0.804. The van der Waals surface area contributed by atoms with E-state index in [0.717, 1.165) is 19.4 Å². The minimum absolute atomic E-state index is 0.0268. The molecule has 82 valence electrons. The van der Waals surface area contributed by atoms with Crippen LogP contribution >= 0.6 is 0 Å². The molecule has 0 aliphatic rings. The third kappa shape index (κ3) is 8.99. The zero-order valence-electron chi connectivity index (χ0n) is 8.45. The number of hydrogen-bond acceptors (Lipinski definition) is 3. The fourth-order valence-corrected chi connectivity index (χ4v) is 1.11. The predicted molar refractivity (Wildman–Crippen MR) is 52.8 cm³/mol. The van der Waals surface area contributed by atoms with Crippen molar-refractivity contribution in [3.63, 3.8) is 0 Å². The van der Waals surface area contributed by atoms with Gasteiger partial charge in [-0.3, -0.25) is 9.59 Å². The van der Waals surface area contributed by atoms with Crippen molar-refractivity contribution >= 4 is 11.9 Å². The van der Waals surface area contributed by atoms with Gasteiger partial charge in [-0.15, -0.1) is 0 Å². The van der Waals surface area contributed by atoms with Crippen molar-refractivity contribution in [3.05, 3.63) is 0 Å². The molecule has 1 atom stereocenters. The lowest BCUT2D eigenvalue weighted by molar-refractivity contribution is -0.137. The Labute approximate surface area is 83.7 Å². The van der Waals surface area contributed by atoms with Gasteiger partial charge in [0, 0.05) is 12.5 Å². The number of nitrogens with one attached hydrogen (secondary N) is 1. The van der Waals surface area contributed by atoms with Crippen LogP contribution in [0.15, 0.2) is 0 Å². The van der Waals surface area contributed by atoms with Crippen LogP contribution in [0.5, 0.6) is 0 Å². The number of amides is 1. The maximum Gasteiger partial charge on any atom is 0.304 e. The van der Waals surface area contributed by atoms with Gasteiger partial charge in [0.2, 0.25) is 5.91 Å². The van der Waals surface area contributed by atoms with Crippen LogP contribution in [0.25, 0.3) is 0 Å². The van der Waals surface area contributed by atoms with Gasteiger partial charge in [-0.1, -0.05) is 0 Å². The van der Waals surface area contributed by atoms with E-state index in [0.29, 0.717) is 6.42 Å². The number of rotatable bonds is 8. The fourth-order valence-electron chi connectivity index (χ4n) is 1.11. The molecule has 0 aromatic heterocycles. The Hall–Kier alpha value is -1.10. The number of aliphatic carboxylic acids is 1. The first kappa shape index (κ1) is 12.9. The molecule has 0 aliphatic heterocycles. The third-order valence-electron chi connectivity index (χ3n) is 1.82. The van der Waals surface area contributed by atoms with Gasteiger partial charge in [-0.05, 0) is 26.3 Å². The highest BCUT2D eigenvalue weighted by atomic mass is 16.4. The summed E-state index contributed by atoms with van der Waals surface area (Å²) in [7, 11) is 0. The molecule has 0 aliphatic carbocycles. The lowest BCUT2D eigenvalue weighted by Crippen LogP contribution is -2.29. The number of carboxylic acids is 1. The minimum Gasteiger partial charge on any atom is -0.481 e. The molecular formula is C9H18N2O3. The van der Waals surface area contributed by atoms with Crippen LogP contribution in [0.2, 0.25) is 0 Å². The van der Waals surface area contributed by atoms with Gasteiger partial charge >= 0.3 is 5.97 Å². The van der Waals surface area contributed by atoms with E-state index in [-0.39, 0.29) is 18.4 Å². The van der Waals surface area contributed by atoms with Crippen molar-refractivity contribution in [2.24, 2.45) is 5.73 Å². The highest BCUT2D eigenvalue weighted by Crippen LogP contribution is 1.95. The molecular weight excluding hydrogens is 184 g/mol. The number of unbranched alkanes of at least 4 members (excludes halogenated alkanes) is 1. The number of carbonyl (C=O) groups is 2. The summed E-state index contributed by atoms with van der Waals surface area (Å²) in [4.78, 5) is 20.7. The molecule has 4 N–H and O–H groups in total. The molecule has 1 unspecified atom stereocenters. The summed E-state index contributed by atoms with van der Waals surface area (Å²) in [6.45, 7) is 2.55. The first-order valence-electron chi connectivity index (χ1n) is 4.76. The predicted octanol–water partition coefficient (Wildman–Crippen LogP) is 0.0948. The molecule has 0 bridgehead atoms. The Morgan fingerprint density at radius 2 is 2.07 bits per heavy atom. The fraction of sp³-hybridized carbons (Fsp3) is 0.778. The van der Waals surface area contributed by atoms with E-state index in [1.165, 1.54) is 0 Å². The van der Waals surface area contributed by atoms with E-state index in [1.54, 1.807) is 0 Å². The monoisotopic (exact) mass is 202 g/mol. The van der Waals surface area contributed by atoms with Crippen molar-refractivity contribution in [3.8, 4) is 0 Å². The standard InChI is InChI=1S/C9H18N2O3/c1-7(6-9(13)14)11-5-3-2-4-8(10)12/h7,11H,2-6H2,1H3,(H2,10,12)(H,13,14). The summed E-state index contributed by atoms with van der Waals surface area (Å²) >= 11 is 0. The highest BCUT2D eigenvalue weighted by molar-refractivity contribution is 5.73. The van der Waals surface area contributed by atoms with E-state index in [4.69, 9.17) is 10.8 Å². The molecule has 0 heterocycles. The van der Waals surface area contributed by atoms with Crippen LogP contribution < -0.4 is 11.1 Å². The van der Waals surface area contributed by atoms with Gasteiger partial charge in [0.05, 0.1) is 6.42 Å². The van der Waals surface area contributed by atoms with Crippen LogP contribution in [-0.4, -0.2) is 29.6 Å². The number of primary amides is 1. The maximum atomic E-state index is 10.4. The normalized spacial score (nSPS) is 12.4. The van der Waals surface area contributed by atoms with Gasteiger partial charge in [-0.25, -0.2) is 0 Å². The smallest absolute Gasteiger partial charge is 0.304 e. The quantitative estimate of drug-likeness (QED) is 0.486. The van der Waals surface area contributed by atoms with E-state index >= 15 is 0 Å². The molecule has 0 aromatic rings. The second-order valence-corrected chi connectivity index (χ2v) is 3.38. The Morgan fingerprint density at radius 1 is 1.43 bits per heavy atom. The van der Waals surface area contributed by atoms with Crippen LogP contribution in [0, 0.1) is 0 Å². The van der Waals surface area contributed by atoms with Crippen LogP contribution in [0.1, 0.15) is 32.6 Å². The second-order valence-electron chi connectivity index (χ2n) is 3.38. The van der Waals surface area contributed by atoms with Crippen LogP contribution in [0.4, 0.5) is 0 Å². The maximum absolute atomic E-state index is 10.4. The molecule has 5 heteroatoms. The summed E-state index contributed by atoms with van der Waals surface area (Å²) in [6, 6.07) is -0.0268. The van der Waals surface area contributed by atoms with Crippen molar-refractivity contribution < 1.29 is 14.7 Å². The van der Waals surface area contributed by atoms with Gasteiger partial charge in [0.1, 0.15) is 0 Å². The van der Waals surface area contributed by atoms with E-state index < -0.39 is 5.97 Å². The third-order valence-corrected chi connectivity index (χ3v) is 1.82. The van der Waals surface area contributed by atoms with Gasteiger partial charge in [0.15, 0.2) is 0 Å². The molecule has 0 spiro atoms. The number of hydrogen-bond donors (Lipinski definition) is 3. The lowest BCUT2D eigenvalue weighted by atomic mass is 10.2. The van der Waals surface area contributed by atoms with Crippen LogP contribution in [-0.2, 0) is 9.59 Å². The number of nitrogens with two attached hydrogens (primary N) is 1. The molecule has 14 heavy (non-hydrogen) atoms. The summed E-state index contributed by atoms with van der Waals surface area (Å²) in [5, 5.41) is 11.5. The number of carbonyl (C=O) groups excluding carboxylic acids is 1. The van der Waals surface area contributed by atoms with Crippen molar-refractivity contribution in [1.82, 2.24) is 5.32 Å². The molecule has 0 aromatic carbocycles. The molecule has 1 amide bonds. The Bertz CT molecular complexity index is 194. The van der Waals surface area contributed by atoms with E-state index in [2.05, 4.69) is 5.32 Å². The average molecular weight is 202 g/mol. The molecule has 0 rings (SSSR count). The zero-order valence-corrected chi connectivity index (χ0v) is 8.45. The largest absolute Gasteiger partial charge is 0.481 e. The zero-order chi connectivity index (χ0) is 11.0.